The molecular formula is C27H23NO. The van der Waals surface area contributed by atoms with Crippen LogP contribution in [0.2, 0.25) is 0 Å². The molecule has 1 N–H and O–H groups in total. The summed E-state index contributed by atoms with van der Waals surface area (Å²) in [7, 11) is 1.71. The molecule has 5 aromatic rings. The lowest BCUT2D eigenvalue weighted by Crippen LogP contribution is -1.92. The number of aromatic amines is 1. The third kappa shape index (κ3) is 2.89. The average molecular weight is 377 g/mol. The number of hydrogen-bond acceptors (Lipinski definition) is 1. The molecule has 0 aliphatic rings. The van der Waals surface area contributed by atoms with Crippen LogP contribution in [-0.2, 0) is 6.42 Å². The molecule has 142 valence electrons. The first-order valence-corrected chi connectivity index (χ1v) is 10.1. The minimum atomic E-state index is 0.871. The van der Waals surface area contributed by atoms with Crippen molar-refractivity contribution in [2.45, 2.75) is 13.3 Å². The third-order valence-electron chi connectivity index (χ3n) is 5.74. The maximum Gasteiger partial charge on any atom is 0.118 e. The number of ether oxygens (including phenoxy) is 1. The summed E-state index contributed by atoms with van der Waals surface area (Å²) in [6, 6.07) is 30.1. The fraction of sp³-hybridized carbons (Fsp3) is 0.111. The molecule has 2 heteroatoms. The van der Waals surface area contributed by atoms with Gasteiger partial charge in [0.15, 0.2) is 0 Å². The van der Waals surface area contributed by atoms with Gasteiger partial charge < -0.3 is 9.72 Å². The Morgan fingerprint density at radius 2 is 1.48 bits per heavy atom. The van der Waals surface area contributed by atoms with Gasteiger partial charge in [-0.1, -0.05) is 67.6 Å². The number of rotatable bonds is 4. The first-order valence-electron chi connectivity index (χ1n) is 10.1. The Bertz CT molecular complexity index is 1310. The van der Waals surface area contributed by atoms with Gasteiger partial charge >= 0.3 is 0 Å². The van der Waals surface area contributed by atoms with E-state index in [1.165, 1.54) is 38.6 Å². The first-order chi connectivity index (χ1) is 14.3. The summed E-state index contributed by atoms with van der Waals surface area (Å²) in [6.45, 7) is 2.22. The number of para-hydroxylation sites is 1. The molecule has 0 radical (unpaired) electrons. The number of methoxy groups -OCH3 is 1. The minimum absolute atomic E-state index is 0.871. The lowest BCUT2D eigenvalue weighted by Gasteiger charge is -2.16. The topological polar surface area (TPSA) is 25.0 Å². The van der Waals surface area contributed by atoms with E-state index >= 15 is 0 Å². The summed E-state index contributed by atoms with van der Waals surface area (Å²) >= 11 is 0. The van der Waals surface area contributed by atoms with Crippen LogP contribution in [0, 0.1) is 0 Å². The van der Waals surface area contributed by atoms with E-state index in [0.29, 0.717) is 0 Å². The second-order valence-electron chi connectivity index (χ2n) is 7.32. The number of aryl methyl sites for hydroxylation is 1. The highest BCUT2D eigenvalue weighted by Crippen LogP contribution is 2.42. The lowest BCUT2D eigenvalue weighted by atomic mass is 9.88. The van der Waals surface area contributed by atoms with E-state index in [9.17, 15) is 0 Å². The van der Waals surface area contributed by atoms with E-state index in [1.807, 2.05) is 12.1 Å². The molecule has 0 unspecified atom stereocenters. The monoisotopic (exact) mass is 377 g/mol. The molecule has 0 aliphatic carbocycles. The highest BCUT2D eigenvalue weighted by atomic mass is 16.5. The van der Waals surface area contributed by atoms with Crippen molar-refractivity contribution in [1.82, 2.24) is 4.98 Å². The molecule has 0 bridgehead atoms. The second-order valence-corrected chi connectivity index (χ2v) is 7.32. The Balaban J connectivity index is 1.91. The van der Waals surface area contributed by atoms with Crippen molar-refractivity contribution in [3.05, 3.63) is 90.5 Å². The van der Waals surface area contributed by atoms with Crippen LogP contribution in [0.3, 0.4) is 0 Å². The van der Waals surface area contributed by atoms with Crippen molar-refractivity contribution in [1.29, 1.82) is 0 Å². The predicted octanol–water partition coefficient (Wildman–Crippen LogP) is 7.23. The zero-order valence-corrected chi connectivity index (χ0v) is 16.7. The maximum atomic E-state index is 5.39. The summed E-state index contributed by atoms with van der Waals surface area (Å²) in [5.74, 6) is 0.871. The molecule has 0 spiro atoms. The molecular weight excluding hydrogens is 354 g/mol. The maximum absolute atomic E-state index is 5.39. The third-order valence-corrected chi connectivity index (χ3v) is 5.74. The van der Waals surface area contributed by atoms with E-state index < -0.39 is 0 Å². The highest BCUT2D eigenvalue weighted by Gasteiger charge is 2.17. The van der Waals surface area contributed by atoms with Crippen molar-refractivity contribution < 1.29 is 4.74 Å². The normalized spacial score (nSPS) is 11.2. The zero-order valence-electron chi connectivity index (χ0n) is 16.7. The molecule has 0 saturated heterocycles. The van der Waals surface area contributed by atoms with Crippen LogP contribution < -0.4 is 4.74 Å². The fourth-order valence-corrected chi connectivity index (χ4v) is 4.32. The van der Waals surface area contributed by atoms with Crippen LogP contribution in [0.1, 0.15) is 12.5 Å². The number of aromatic nitrogens is 1. The van der Waals surface area contributed by atoms with Gasteiger partial charge in [-0.2, -0.15) is 0 Å². The second kappa shape index (κ2) is 7.14. The minimum Gasteiger partial charge on any atom is -0.497 e. The summed E-state index contributed by atoms with van der Waals surface area (Å²) in [6.07, 6.45) is 1.00. The van der Waals surface area contributed by atoms with Crippen molar-refractivity contribution in [2.75, 3.05) is 7.11 Å². The molecule has 0 atom stereocenters. The molecule has 0 saturated carbocycles. The van der Waals surface area contributed by atoms with Gasteiger partial charge in [0.05, 0.1) is 7.11 Å². The first kappa shape index (κ1) is 17.6. The van der Waals surface area contributed by atoms with Crippen LogP contribution in [0.15, 0.2) is 84.9 Å². The molecule has 1 heterocycles. The molecule has 1 aromatic heterocycles. The summed E-state index contributed by atoms with van der Waals surface area (Å²) < 4.78 is 5.39. The van der Waals surface area contributed by atoms with Crippen LogP contribution in [0.4, 0.5) is 0 Å². The van der Waals surface area contributed by atoms with E-state index in [2.05, 4.69) is 84.7 Å². The van der Waals surface area contributed by atoms with Crippen molar-refractivity contribution in [2.24, 2.45) is 0 Å². The van der Waals surface area contributed by atoms with Crippen LogP contribution in [0.5, 0.6) is 5.75 Å². The van der Waals surface area contributed by atoms with Gasteiger partial charge in [0.25, 0.3) is 0 Å². The Kier molecular flexibility index (Phi) is 4.33. The van der Waals surface area contributed by atoms with Gasteiger partial charge in [0.2, 0.25) is 0 Å². The van der Waals surface area contributed by atoms with Gasteiger partial charge in [-0.05, 0) is 58.5 Å². The number of fused-ring (bicyclic) bond motifs is 3. The van der Waals surface area contributed by atoms with Gasteiger partial charge in [-0.15, -0.1) is 0 Å². The van der Waals surface area contributed by atoms with Gasteiger partial charge in [0.1, 0.15) is 5.75 Å². The Hall–Kier alpha value is -3.52. The number of nitrogens with one attached hydrogen (secondary N) is 1. The van der Waals surface area contributed by atoms with Gasteiger partial charge in [-0.25, -0.2) is 0 Å². The molecule has 29 heavy (non-hydrogen) atoms. The van der Waals surface area contributed by atoms with Crippen LogP contribution in [-0.4, -0.2) is 12.1 Å². The average Bonchev–Trinajstić information content (AvgIpc) is 3.17. The summed E-state index contributed by atoms with van der Waals surface area (Å²) in [5.41, 5.74) is 8.72. The van der Waals surface area contributed by atoms with Crippen LogP contribution >= 0.6 is 0 Å². The van der Waals surface area contributed by atoms with E-state index in [-0.39, 0.29) is 0 Å². The standard InChI is InChI=1S/C27H23NO/c1-3-18-8-4-5-9-21(18)22-16-17-25-27(23-10-6-7-11-24(23)28-25)26(22)19-12-14-20(29-2)15-13-19/h4-17,28H,3H2,1-2H3. The molecule has 0 aliphatic heterocycles. The molecule has 4 aromatic carbocycles. The Labute approximate surface area is 170 Å². The van der Waals surface area contributed by atoms with E-state index in [4.69, 9.17) is 4.74 Å². The predicted molar refractivity (Wildman–Crippen MR) is 123 cm³/mol. The SMILES string of the molecule is CCc1ccccc1-c1ccc2[nH]c3ccccc3c2c1-c1ccc(OC)cc1. The number of H-pyrrole nitrogens is 1. The van der Waals surface area contributed by atoms with Crippen molar-refractivity contribution in [3.8, 4) is 28.0 Å². The fourth-order valence-electron chi connectivity index (χ4n) is 4.32. The Morgan fingerprint density at radius 3 is 2.28 bits per heavy atom. The smallest absolute Gasteiger partial charge is 0.118 e. The zero-order chi connectivity index (χ0) is 19.8. The molecule has 2 nitrogen and oxygen atoms in total. The quantitative estimate of drug-likeness (QED) is 0.351. The largest absolute Gasteiger partial charge is 0.497 e. The molecule has 5 rings (SSSR count). The van der Waals surface area contributed by atoms with Crippen LogP contribution in [0.25, 0.3) is 44.1 Å². The van der Waals surface area contributed by atoms with Gasteiger partial charge in [-0.3, -0.25) is 0 Å². The lowest BCUT2D eigenvalue weighted by molar-refractivity contribution is 0.415. The molecule has 0 amide bonds. The number of benzene rings is 4. The van der Waals surface area contributed by atoms with E-state index in [1.54, 1.807) is 7.11 Å². The van der Waals surface area contributed by atoms with Gasteiger partial charge in [0, 0.05) is 21.8 Å². The van der Waals surface area contributed by atoms with Crippen molar-refractivity contribution >= 4 is 21.8 Å². The Morgan fingerprint density at radius 1 is 0.724 bits per heavy atom. The summed E-state index contributed by atoms with van der Waals surface area (Å²) in [4.78, 5) is 3.59. The highest BCUT2D eigenvalue weighted by molar-refractivity contribution is 6.17. The van der Waals surface area contributed by atoms with E-state index in [0.717, 1.165) is 23.2 Å². The number of hydrogen-bond donors (Lipinski definition) is 1. The summed E-state index contributed by atoms with van der Waals surface area (Å²) in [5, 5.41) is 2.53. The van der Waals surface area contributed by atoms with Crippen molar-refractivity contribution in [3.63, 3.8) is 0 Å². The molecule has 0 fully saturated rings.